The van der Waals surface area contributed by atoms with Gasteiger partial charge in [-0.15, -0.1) is 0 Å². The molecule has 0 fully saturated rings. The predicted octanol–water partition coefficient (Wildman–Crippen LogP) is 2.93. The van der Waals surface area contributed by atoms with Gasteiger partial charge in [-0.3, -0.25) is 9.63 Å². The lowest BCUT2D eigenvalue weighted by Gasteiger charge is -2.25. The van der Waals surface area contributed by atoms with Crippen molar-refractivity contribution >= 4 is 23.6 Å². The van der Waals surface area contributed by atoms with Crippen LogP contribution >= 0.6 is 11.6 Å². The Bertz CT molecular complexity index is 604. The summed E-state index contributed by atoms with van der Waals surface area (Å²) in [4.78, 5) is 29.2. The van der Waals surface area contributed by atoms with Gasteiger partial charge in [0.2, 0.25) is 0 Å². The van der Waals surface area contributed by atoms with Gasteiger partial charge in [0, 0.05) is 18.5 Å². The van der Waals surface area contributed by atoms with Crippen molar-refractivity contribution in [2.45, 2.75) is 38.8 Å². The Morgan fingerprint density at radius 1 is 1.38 bits per heavy atom. The van der Waals surface area contributed by atoms with Crippen LogP contribution in [-0.4, -0.2) is 42.9 Å². The number of nitrogens with zero attached hydrogens (tertiary/aromatic N) is 1. The van der Waals surface area contributed by atoms with Crippen LogP contribution < -0.4 is 5.32 Å². The van der Waals surface area contributed by atoms with Crippen LogP contribution in [0, 0.1) is 5.82 Å². The minimum absolute atomic E-state index is 0.0990. The Kier molecular flexibility index (Phi) is 6.98. The first-order chi connectivity index (χ1) is 11.0. The molecule has 1 N–H and O–H groups in total. The molecule has 1 aromatic rings. The number of carbonyl (C=O) groups is 2. The SMILES string of the molecule is CON(C)C(=O)C(Cc1cc(Cl)ccc1F)NC(=O)OC(C)(C)C. The first-order valence-corrected chi connectivity index (χ1v) is 7.66. The highest BCUT2D eigenvalue weighted by molar-refractivity contribution is 6.30. The van der Waals surface area contributed by atoms with E-state index in [1.54, 1.807) is 20.8 Å². The van der Waals surface area contributed by atoms with E-state index in [0.717, 1.165) is 5.06 Å². The zero-order valence-corrected chi connectivity index (χ0v) is 15.1. The summed E-state index contributed by atoms with van der Waals surface area (Å²) in [6.07, 6.45) is -0.883. The molecule has 0 aliphatic carbocycles. The second-order valence-corrected chi connectivity index (χ2v) is 6.59. The topological polar surface area (TPSA) is 67.9 Å². The highest BCUT2D eigenvalue weighted by Crippen LogP contribution is 2.17. The summed E-state index contributed by atoms with van der Waals surface area (Å²) in [7, 11) is 2.70. The molecule has 0 bridgehead atoms. The molecular formula is C16H22ClFN2O4. The van der Waals surface area contributed by atoms with Gasteiger partial charge >= 0.3 is 6.09 Å². The fourth-order valence-corrected chi connectivity index (χ4v) is 2.07. The Hall–Kier alpha value is -1.86. The van der Waals surface area contributed by atoms with E-state index < -0.39 is 29.5 Å². The molecule has 2 amide bonds. The zero-order chi connectivity index (χ0) is 18.5. The highest BCUT2D eigenvalue weighted by atomic mass is 35.5. The lowest BCUT2D eigenvalue weighted by molar-refractivity contribution is -0.171. The van der Waals surface area contributed by atoms with Gasteiger partial charge in [0.15, 0.2) is 0 Å². The first kappa shape index (κ1) is 20.2. The maximum absolute atomic E-state index is 13.9. The normalized spacial score (nSPS) is 12.5. The van der Waals surface area contributed by atoms with Gasteiger partial charge in [-0.2, -0.15) is 0 Å². The van der Waals surface area contributed by atoms with Crippen molar-refractivity contribution in [2.24, 2.45) is 0 Å². The summed E-state index contributed by atoms with van der Waals surface area (Å²) < 4.78 is 19.1. The van der Waals surface area contributed by atoms with E-state index in [9.17, 15) is 14.0 Å². The van der Waals surface area contributed by atoms with Gasteiger partial charge in [0.1, 0.15) is 17.5 Å². The standard InChI is InChI=1S/C16H22ClFN2O4/c1-16(2,3)24-15(22)19-13(14(21)20(4)23-5)9-10-8-11(17)6-7-12(10)18/h6-8,13H,9H2,1-5H3,(H,19,22). The Labute approximate surface area is 145 Å². The number of amides is 2. The van der Waals surface area contributed by atoms with Gasteiger partial charge in [0.05, 0.1) is 7.11 Å². The molecule has 134 valence electrons. The molecular weight excluding hydrogens is 339 g/mol. The van der Waals surface area contributed by atoms with Crippen LogP contribution in [0.2, 0.25) is 5.02 Å². The molecule has 0 aliphatic rings. The Morgan fingerprint density at radius 3 is 2.54 bits per heavy atom. The van der Waals surface area contributed by atoms with Crippen molar-refractivity contribution in [1.82, 2.24) is 10.4 Å². The fraction of sp³-hybridized carbons (Fsp3) is 0.500. The minimum Gasteiger partial charge on any atom is -0.444 e. The molecule has 6 nitrogen and oxygen atoms in total. The van der Waals surface area contributed by atoms with E-state index in [4.69, 9.17) is 21.2 Å². The van der Waals surface area contributed by atoms with Crippen molar-refractivity contribution in [3.63, 3.8) is 0 Å². The molecule has 1 unspecified atom stereocenters. The number of hydrogen-bond donors (Lipinski definition) is 1. The molecule has 1 atom stereocenters. The molecule has 1 aromatic carbocycles. The van der Waals surface area contributed by atoms with E-state index in [2.05, 4.69) is 5.32 Å². The number of alkyl carbamates (subject to hydrolysis) is 1. The second kappa shape index (κ2) is 8.30. The lowest BCUT2D eigenvalue weighted by Crippen LogP contribution is -2.49. The average Bonchev–Trinajstić information content (AvgIpc) is 2.46. The quantitative estimate of drug-likeness (QED) is 0.820. The molecule has 0 radical (unpaired) electrons. The third kappa shape index (κ3) is 6.33. The van der Waals surface area contributed by atoms with Crippen LogP contribution in [0.1, 0.15) is 26.3 Å². The summed E-state index contributed by atoms with van der Waals surface area (Å²) >= 11 is 5.86. The van der Waals surface area contributed by atoms with Crippen molar-refractivity contribution in [2.75, 3.05) is 14.2 Å². The minimum atomic E-state index is -1.07. The summed E-state index contributed by atoms with van der Waals surface area (Å²) in [6, 6.07) is 2.94. The molecule has 0 spiro atoms. The van der Waals surface area contributed by atoms with E-state index in [0.29, 0.717) is 5.02 Å². The summed E-state index contributed by atoms with van der Waals surface area (Å²) in [6.45, 7) is 5.09. The first-order valence-electron chi connectivity index (χ1n) is 7.28. The van der Waals surface area contributed by atoms with Gasteiger partial charge in [-0.1, -0.05) is 11.6 Å². The molecule has 0 heterocycles. The molecule has 0 aliphatic heterocycles. The molecule has 0 saturated carbocycles. The lowest BCUT2D eigenvalue weighted by atomic mass is 10.0. The van der Waals surface area contributed by atoms with Crippen molar-refractivity contribution in [3.05, 3.63) is 34.6 Å². The van der Waals surface area contributed by atoms with Gasteiger partial charge in [-0.05, 0) is 44.5 Å². The number of halogens is 2. The Morgan fingerprint density at radius 2 is 2.00 bits per heavy atom. The maximum Gasteiger partial charge on any atom is 0.408 e. The number of nitrogens with one attached hydrogen (secondary N) is 1. The monoisotopic (exact) mass is 360 g/mol. The number of rotatable bonds is 5. The van der Waals surface area contributed by atoms with Crippen LogP contribution in [0.15, 0.2) is 18.2 Å². The zero-order valence-electron chi connectivity index (χ0n) is 14.4. The third-order valence-electron chi connectivity index (χ3n) is 3.01. The van der Waals surface area contributed by atoms with Gasteiger partial charge in [-0.25, -0.2) is 14.2 Å². The molecule has 1 rings (SSSR count). The molecule has 24 heavy (non-hydrogen) atoms. The summed E-state index contributed by atoms with van der Waals surface area (Å²) in [5, 5.41) is 3.72. The number of benzene rings is 1. The van der Waals surface area contributed by atoms with Gasteiger partial charge < -0.3 is 10.1 Å². The average molecular weight is 361 g/mol. The Balaban J connectivity index is 2.99. The van der Waals surface area contributed by atoms with E-state index >= 15 is 0 Å². The predicted molar refractivity (Wildman–Crippen MR) is 88.1 cm³/mol. The summed E-state index contributed by atoms with van der Waals surface area (Å²) in [5.74, 6) is -1.08. The number of carbonyl (C=O) groups excluding carboxylic acids is 2. The third-order valence-corrected chi connectivity index (χ3v) is 3.24. The smallest absolute Gasteiger partial charge is 0.408 e. The molecule has 0 aromatic heterocycles. The fourth-order valence-electron chi connectivity index (χ4n) is 1.88. The summed E-state index contributed by atoms with van der Waals surface area (Å²) in [5.41, 5.74) is -0.534. The highest BCUT2D eigenvalue weighted by Gasteiger charge is 2.28. The van der Waals surface area contributed by atoms with Crippen LogP contribution in [0.3, 0.4) is 0 Å². The largest absolute Gasteiger partial charge is 0.444 e. The van der Waals surface area contributed by atoms with Crippen molar-refractivity contribution in [3.8, 4) is 0 Å². The van der Waals surface area contributed by atoms with Crippen LogP contribution in [0.4, 0.5) is 9.18 Å². The van der Waals surface area contributed by atoms with Crippen LogP contribution in [0.5, 0.6) is 0 Å². The maximum atomic E-state index is 13.9. The number of ether oxygens (including phenoxy) is 1. The number of hydroxylamine groups is 2. The van der Waals surface area contributed by atoms with Crippen LogP contribution in [0.25, 0.3) is 0 Å². The van der Waals surface area contributed by atoms with Gasteiger partial charge in [0.25, 0.3) is 5.91 Å². The van der Waals surface area contributed by atoms with E-state index in [-0.39, 0.29) is 12.0 Å². The second-order valence-electron chi connectivity index (χ2n) is 6.16. The number of likely N-dealkylation sites (N-methyl/N-ethyl adjacent to an activating group) is 1. The molecule has 0 saturated heterocycles. The van der Waals surface area contributed by atoms with Crippen LogP contribution in [-0.2, 0) is 20.8 Å². The number of hydrogen-bond acceptors (Lipinski definition) is 4. The van der Waals surface area contributed by atoms with E-state index in [1.165, 1.54) is 32.4 Å². The van der Waals surface area contributed by atoms with Crippen molar-refractivity contribution < 1.29 is 23.6 Å². The van der Waals surface area contributed by atoms with Crippen molar-refractivity contribution in [1.29, 1.82) is 0 Å². The van der Waals surface area contributed by atoms with E-state index in [1.807, 2.05) is 0 Å². The molecule has 8 heteroatoms.